The number of anilines is 1. The summed E-state index contributed by atoms with van der Waals surface area (Å²) in [5, 5.41) is 0. The van der Waals surface area contributed by atoms with Crippen LogP contribution in [0.3, 0.4) is 0 Å². The van der Waals surface area contributed by atoms with Crippen molar-refractivity contribution in [2.45, 2.75) is 11.4 Å². The molecule has 7 heteroatoms. The third kappa shape index (κ3) is 4.03. The standard InChI is InChI=1S/C20H20N2O4S/c1-25-17-11-12-18(26-2)19(14-17)27(23,24)22(20-10-6-7-13-21-20)15-16-8-4-3-5-9-16/h3-14H,15H2,1-2H3. The van der Waals surface area contributed by atoms with Crippen LogP contribution in [-0.4, -0.2) is 27.6 Å². The molecule has 1 aromatic heterocycles. The average Bonchev–Trinajstić information content (AvgIpc) is 2.72. The van der Waals surface area contributed by atoms with E-state index in [2.05, 4.69) is 4.98 Å². The molecule has 0 unspecified atom stereocenters. The van der Waals surface area contributed by atoms with Crippen LogP contribution in [-0.2, 0) is 16.6 Å². The van der Waals surface area contributed by atoms with Crippen molar-refractivity contribution in [3.63, 3.8) is 0 Å². The number of nitrogens with zero attached hydrogens (tertiary/aromatic N) is 2. The first kappa shape index (κ1) is 18.7. The molecular formula is C20H20N2O4S. The summed E-state index contributed by atoms with van der Waals surface area (Å²) in [5.41, 5.74) is 0.841. The lowest BCUT2D eigenvalue weighted by Crippen LogP contribution is -2.31. The van der Waals surface area contributed by atoms with Gasteiger partial charge >= 0.3 is 0 Å². The molecule has 3 rings (SSSR count). The van der Waals surface area contributed by atoms with E-state index in [1.165, 1.54) is 24.6 Å². The summed E-state index contributed by atoms with van der Waals surface area (Å²) >= 11 is 0. The third-order valence-electron chi connectivity index (χ3n) is 4.01. The van der Waals surface area contributed by atoms with Gasteiger partial charge in [-0.15, -0.1) is 0 Å². The van der Waals surface area contributed by atoms with Crippen molar-refractivity contribution in [3.05, 3.63) is 78.5 Å². The Morgan fingerprint density at radius 3 is 2.30 bits per heavy atom. The lowest BCUT2D eigenvalue weighted by molar-refractivity contribution is 0.392. The number of hydrogen-bond donors (Lipinski definition) is 0. The highest BCUT2D eigenvalue weighted by molar-refractivity contribution is 7.92. The monoisotopic (exact) mass is 384 g/mol. The zero-order chi connectivity index (χ0) is 19.3. The fraction of sp³-hybridized carbons (Fsp3) is 0.150. The zero-order valence-electron chi connectivity index (χ0n) is 15.1. The average molecular weight is 384 g/mol. The van der Waals surface area contributed by atoms with Crippen LogP contribution < -0.4 is 13.8 Å². The summed E-state index contributed by atoms with van der Waals surface area (Å²) in [6.07, 6.45) is 1.56. The van der Waals surface area contributed by atoms with E-state index in [0.717, 1.165) is 5.56 Å². The van der Waals surface area contributed by atoms with Gasteiger partial charge in [0.2, 0.25) is 0 Å². The van der Waals surface area contributed by atoms with Gasteiger partial charge in [0.25, 0.3) is 10.0 Å². The molecule has 27 heavy (non-hydrogen) atoms. The molecule has 0 saturated carbocycles. The van der Waals surface area contributed by atoms with Crippen molar-refractivity contribution in [2.24, 2.45) is 0 Å². The minimum Gasteiger partial charge on any atom is -0.497 e. The van der Waals surface area contributed by atoms with Gasteiger partial charge in [-0.2, -0.15) is 0 Å². The summed E-state index contributed by atoms with van der Waals surface area (Å²) in [4.78, 5) is 4.26. The van der Waals surface area contributed by atoms with E-state index in [0.29, 0.717) is 11.6 Å². The second kappa shape index (κ2) is 8.09. The van der Waals surface area contributed by atoms with Crippen LogP contribution in [0.1, 0.15) is 5.56 Å². The molecule has 0 spiro atoms. The Hall–Kier alpha value is -3.06. The predicted octanol–water partition coefficient (Wildman–Crippen LogP) is 3.49. The molecule has 3 aromatic rings. The van der Waals surface area contributed by atoms with Crippen molar-refractivity contribution in [2.75, 3.05) is 18.5 Å². The second-order valence-corrected chi connectivity index (χ2v) is 7.53. The number of ether oxygens (including phenoxy) is 2. The van der Waals surface area contributed by atoms with Crippen LogP contribution in [0.5, 0.6) is 11.5 Å². The normalized spacial score (nSPS) is 11.0. The Balaban J connectivity index is 2.13. The van der Waals surface area contributed by atoms with Crippen LogP contribution >= 0.6 is 0 Å². The zero-order valence-corrected chi connectivity index (χ0v) is 15.9. The molecule has 0 aliphatic rings. The van der Waals surface area contributed by atoms with Gasteiger partial charge in [-0.05, 0) is 29.8 Å². The Labute approximate surface area is 159 Å². The van der Waals surface area contributed by atoms with Crippen LogP contribution in [0.2, 0.25) is 0 Å². The fourth-order valence-electron chi connectivity index (χ4n) is 2.64. The Kier molecular flexibility index (Phi) is 5.61. The van der Waals surface area contributed by atoms with E-state index in [1.54, 1.807) is 36.5 Å². The molecule has 0 aliphatic carbocycles. The SMILES string of the molecule is COc1ccc(OC)c(S(=O)(=O)N(Cc2ccccc2)c2ccccn2)c1. The van der Waals surface area contributed by atoms with Gasteiger partial charge in [-0.3, -0.25) is 0 Å². The number of aromatic nitrogens is 1. The fourth-order valence-corrected chi connectivity index (χ4v) is 4.23. The number of sulfonamides is 1. The molecule has 2 aromatic carbocycles. The number of benzene rings is 2. The molecule has 0 atom stereocenters. The first-order valence-corrected chi connectivity index (χ1v) is 9.70. The minimum absolute atomic E-state index is 0.0194. The van der Waals surface area contributed by atoms with E-state index < -0.39 is 10.0 Å². The quantitative estimate of drug-likeness (QED) is 0.624. The summed E-state index contributed by atoms with van der Waals surface area (Å²) in [6, 6.07) is 19.2. The molecule has 0 bridgehead atoms. The number of rotatable bonds is 7. The van der Waals surface area contributed by atoms with E-state index in [-0.39, 0.29) is 17.2 Å². The maximum atomic E-state index is 13.5. The lowest BCUT2D eigenvalue weighted by Gasteiger charge is -2.24. The highest BCUT2D eigenvalue weighted by atomic mass is 32.2. The van der Waals surface area contributed by atoms with Crippen molar-refractivity contribution in [1.29, 1.82) is 0 Å². The van der Waals surface area contributed by atoms with Crippen molar-refractivity contribution in [3.8, 4) is 11.5 Å². The largest absolute Gasteiger partial charge is 0.497 e. The summed E-state index contributed by atoms with van der Waals surface area (Å²) in [7, 11) is -1.04. The summed E-state index contributed by atoms with van der Waals surface area (Å²) < 4.78 is 38.8. The molecule has 6 nitrogen and oxygen atoms in total. The maximum absolute atomic E-state index is 13.5. The molecular weight excluding hydrogens is 364 g/mol. The van der Waals surface area contributed by atoms with Crippen LogP contribution in [0.25, 0.3) is 0 Å². The summed E-state index contributed by atoms with van der Waals surface area (Å²) in [5.74, 6) is 0.992. The first-order chi connectivity index (χ1) is 13.1. The van der Waals surface area contributed by atoms with Gasteiger partial charge in [0.05, 0.1) is 20.8 Å². The predicted molar refractivity (Wildman–Crippen MR) is 104 cm³/mol. The van der Waals surface area contributed by atoms with Crippen molar-refractivity contribution < 1.29 is 17.9 Å². The molecule has 0 N–H and O–H groups in total. The Morgan fingerprint density at radius 2 is 1.67 bits per heavy atom. The van der Waals surface area contributed by atoms with Crippen LogP contribution in [0.15, 0.2) is 77.8 Å². The molecule has 0 fully saturated rings. The first-order valence-electron chi connectivity index (χ1n) is 8.26. The smallest absolute Gasteiger partial charge is 0.269 e. The van der Waals surface area contributed by atoms with E-state index in [1.807, 2.05) is 30.3 Å². The molecule has 140 valence electrons. The molecule has 0 aliphatic heterocycles. The van der Waals surface area contributed by atoms with Crippen molar-refractivity contribution in [1.82, 2.24) is 4.98 Å². The van der Waals surface area contributed by atoms with Gasteiger partial charge in [0.1, 0.15) is 22.2 Å². The van der Waals surface area contributed by atoms with Gasteiger partial charge in [0, 0.05) is 12.3 Å². The number of hydrogen-bond acceptors (Lipinski definition) is 5. The van der Waals surface area contributed by atoms with E-state index in [9.17, 15) is 8.42 Å². The highest BCUT2D eigenvalue weighted by Crippen LogP contribution is 2.33. The lowest BCUT2D eigenvalue weighted by atomic mass is 10.2. The molecule has 0 radical (unpaired) electrons. The Morgan fingerprint density at radius 1 is 0.926 bits per heavy atom. The van der Waals surface area contributed by atoms with Gasteiger partial charge < -0.3 is 9.47 Å². The van der Waals surface area contributed by atoms with E-state index in [4.69, 9.17) is 9.47 Å². The van der Waals surface area contributed by atoms with Gasteiger partial charge in [0.15, 0.2) is 0 Å². The van der Waals surface area contributed by atoms with Crippen molar-refractivity contribution >= 4 is 15.8 Å². The molecule has 1 heterocycles. The number of methoxy groups -OCH3 is 2. The molecule has 0 saturated heterocycles. The minimum atomic E-state index is -3.96. The number of pyridine rings is 1. The highest BCUT2D eigenvalue weighted by Gasteiger charge is 2.29. The van der Waals surface area contributed by atoms with Gasteiger partial charge in [-0.1, -0.05) is 36.4 Å². The maximum Gasteiger partial charge on any atom is 0.269 e. The second-order valence-electron chi connectivity index (χ2n) is 5.70. The Bertz CT molecular complexity index is 993. The topological polar surface area (TPSA) is 68.7 Å². The molecule has 0 amide bonds. The van der Waals surface area contributed by atoms with Crippen LogP contribution in [0, 0.1) is 0 Å². The van der Waals surface area contributed by atoms with Crippen LogP contribution in [0.4, 0.5) is 5.82 Å². The van der Waals surface area contributed by atoms with Gasteiger partial charge in [-0.25, -0.2) is 17.7 Å². The third-order valence-corrected chi connectivity index (χ3v) is 5.78. The van der Waals surface area contributed by atoms with E-state index >= 15 is 0 Å². The summed E-state index contributed by atoms with van der Waals surface area (Å²) in [6.45, 7) is 0.139.